The maximum Gasteiger partial charge on any atom is 0.0784 e. The van der Waals surface area contributed by atoms with E-state index in [1.807, 2.05) is 30.9 Å². The van der Waals surface area contributed by atoms with Crippen LogP contribution in [-0.4, -0.2) is 47.3 Å². The van der Waals surface area contributed by atoms with Crippen LogP contribution in [0, 0.1) is 0 Å². The van der Waals surface area contributed by atoms with E-state index in [0.717, 1.165) is 18.7 Å². The zero-order valence-corrected chi connectivity index (χ0v) is 10.9. The lowest BCUT2D eigenvalue weighted by Gasteiger charge is -2.23. The van der Waals surface area contributed by atoms with E-state index in [0.29, 0.717) is 19.6 Å². The van der Waals surface area contributed by atoms with Gasteiger partial charge in [0, 0.05) is 39.4 Å². The Bertz CT molecular complexity index is 323. The standard InChI is InChI=1S/C12H23N3O2/c1-4-15-9-11(8-14-15)7-12(2,16)10-13-5-6-17-3/h8-9,13,16H,4-7,10H2,1-3H3. The minimum absolute atomic E-state index is 0.549. The first-order chi connectivity index (χ1) is 8.07. The van der Waals surface area contributed by atoms with Crippen LogP contribution in [-0.2, 0) is 17.7 Å². The van der Waals surface area contributed by atoms with Gasteiger partial charge >= 0.3 is 0 Å². The first-order valence-corrected chi connectivity index (χ1v) is 6.01. The molecular formula is C12H23N3O2. The van der Waals surface area contributed by atoms with E-state index in [9.17, 15) is 5.11 Å². The molecule has 5 nitrogen and oxygen atoms in total. The molecule has 1 aromatic heterocycles. The van der Waals surface area contributed by atoms with Crippen LogP contribution in [0.25, 0.3) is 0 Å². The lowest BCUT2D eigenvalue weighted by molar-refractivity contribution is 0.0581. The van der Waals surface area contributed by atoms with Crippen LogP contribution >= 0.6 is 0 Å². The molecule has 0 fully saturated rings. The van der Waals surface area contributed by atoms with Crippen molar-refractivity contribution in [3.05, 3.63) is 18.0 Å². The summed E-state index contributed by atoms with van der Waals surface area (Å²) in [7, 11) is 1.67. The van der Waals surface area contributed by atoms with Gasteiger partial charge in [0.15, 0.2) is 0 Å². The molecule has 0 aliphatic carbocycles. The number of hydrogen-bond acceptors (Lipinski definition) is 4. The number of hydrogen-bond donors (Lipinski definition) is 2. The van der Waals surface area contributed by atoms with E-state index in [2.05, 4.69) is 10.4 Å². The summed E-state index contributed by atoms with van der Waals surface area (Å²) in [5.41, 5.74) is 0.306. The Balaban J connectivity index is 2.37. The molecule has 0 saturated heterocycles. The molecule has 5 heteroatoms. The molecule has 1 aromatic rings. The number of aromatic nitrogens is 2. The maximum atomic E-state index is 10.2. The number of nitrogens with zero attached hydrogens (tertiary/aromatic N) is 2. The zero-order chi connectivity index (χ0) is 12.7. The normalized spacial score (nSPS) is 14.8. The molecule has 0 aliphatic rings. The Morgan fingerprint density at radius 2 is 2.35 bits per heavy atom. The van der Waals surface area contributed by atoms with Crippen molar-refractivity contribution in [3.8, 4) is 0 Å². The van der Waals surface area contributed by atoms with Crippen molar-refractivity contribution < 1.29 is 9.84 Å². The van der Waals surface area contributed by atoms with Gasteiger partial charge in [-0.3, -0.25) is 4.68 Å². The third-order valence-corrected chi connectivity index (χ3v) is 2.58. The minimum Gasteiger partial charge on any atom is -0.389 e. The van der Waals surface area contributed by atoms with Crippen LogP contribution in [0.3, 0.4) is 0 Å². The lowest BCUT2D eigenvalue weighted by Crippen LogP contribution is -2.40. The van der Waals surface area contributed by atoms with Crippen molar-refractivity contribution in [3.63, 3.8) is 0 Å². The minimum atomic E-state index is -0.755. The van der Waals surface area contributed by atoms with E-state index in [1.165, 1.54) is 0 Å². The first-order valence-electron chi connectivity index (χ1n) is 6.01. The van der Waals surface area contributed by atoms with E-state index in [-0.39, 0.29) is 0 Å². The highest BCUT2D eigenvalue weighted by Crippen LogP contribution is 2.11. The molecule has 1 unspecified atom stereocenters. The fourth-order valence-corrected chi connectivity index (χ4v) is 1.70. The topological polar surface area (TPSA) is 59.3 Å². The molecule has 1 heterocycles. The Hall–Kier alpha value is -0.910. The van der Waals surface area contributed by atoms with Gasteiger partial charge in [0.05, 0.1) is 18.4 Å². The van der Waals surface area contributed by atoms with E-state index in [1.54, 1.807) is 7.11 Å². The van der Waals surface area contributed by atoms with Crippen molar-refractivity contribution in [1.29, 1.82) is 0 Å². The van der Waals surface area contributed by atoms with Gasteiger partial charge in [-0.25, -0.2) is 0 Å². The summed E-state index contributed by atoms with van der Waals surface area (Å²) in [6.07, 6.45) is 4.39. The summed E-state index contributed by atoms with van der Waals surface area (Å²) in [5.74, 6) is 0. The number of aryl methyl sites for hydroxylation is 1. The van der Waals surface area contributed by atoms with Crippen LogP contribution < -0.4 is 5.32 Å². The average Bonchev–Trinajstić information content (AvgIpc) is 2.71. The molecule has 1 atom stereocenters. The largest absolute Gasteiger partial charge is 0.389 e. The molecule has 0 aromatic carbocycles. The van der Waals surface area contributed by atoms with Gasteiger partial charge in [-0.1, -0.05) is 0 Å². The Morgan fingerprint density at radius 3 is 2.94 bits per heavy atom. The van der Waals surface area contributed by atoms with Crippen molar-refractivity contribution >= 4 is 0 Å². The zero-order valence-electron chi connectivity index (χ0n) is 10.9. The summed E-state index contributed by atoms with van der Waals surface area (Å²) in [6, 6.07) is 0. The summed E-state index contributed by atoms with van der Waals surface area (Å²) >= 11 is 0. The molecule has 17 heavy (non-hydrogen) atoms. The molecule has 0 bridgehead atoms. The third-order valence-electron chi connectivity index (χ3n) is 2.58. The highest BCUT2D eigenvalue weighted by Gasteiger charge is 2.21. The highest BCUT2D eigenvalue weighted by molar-refractivity contribution is 5.08. The molecule has 0 saturated carbocycles. The second kappa shape index (κ2) is 6.74. The van der Waals surface area contributed by atoms with Crippen molar-refractivity contribution in [2.75, 3.05) is 26.8 Å². The quantitative estimate of drug-likeness (QED) is 0.648. The number of methoxy groups -OCH3 is 1. The van der Waals surface area contributed by atoms with Crippen LogP contribution in [0.2, 0.25) is 0 Å². The van der Waals surface area contributed by atoms with Crippen molar-refractivity contribution in [2.24, 2.45) is 0 Å². The average molecular weight is 241 g/mol. The predicted octanol–water partition coefficient (Wildman–Crippen LogP) is 0.432. The summed E-state index contributed by atoms with van der Waals surface area (Å²) in [4.78, 5) is 0. The number of ether oxygens (including phenoxy) is 1. The second-order valence-electron chi connectivity index (χ2n) is 4.55. The summed E-state index contributed by atoms with van der Waals surface area (Å²) < 4.78 is 6.80. The van der Waals surface area contributed by atoms with Crippen LogP contribution in [0.15, 0.2) is 12.4 Å². The van der Waals surface area contributed by atoms with Gasteiger partial charge in [0.2, 0.25) is 0 Å². The molecular weight excluding hydrogens is 218 g/mol. The molecule has 0 spiro atoms. The fraction of sp³-hybridized carbons (Fsp3) is 0.750. The van der Waals surface area contributed by atoms with Crippen LogP contribution in [0.1, 0.15) is 19.4 Å². The van der Waals surface area contributed by atoms with Gasteiger partial charge in [0.25, 0.3) is 0 Å². The fourth-order valence-electron chi connectivity index (χ4n) is 1.70. The maximum absolute atomic E-state index is 10.2. The van der Waals surface area contributed by atoms with Crippen LogP contribution in [0.5, 0.6) is 0 Å². The van der Waals surface area contributed by atoms with E-state index < -0.39 is 5.60 Å². The Morgan fingerprint density at radius 1 is 1.59 bits per heavy atom. The van der Waals surface area contributed by atoms with Crippen molar-refractivity contribution in [1.82, 2.24) is 15.1 Å². The van der Waals surface area contributed by atoms with E-state index >= 15 is 0 Å². The number of aliphatic hydroxyl groups is 1. The smallest absolute Gasteiger partial charge is 0.0784 e. The lowest BCUT2D eigenvalue weighted by atomic mass is 9.99. The molecule has 1 rings (SSSR count). The number of nitrogens with one attached hydrogen (secondary N) is 1. The SMILES string of the molecule is CCn1cc(CC(C)(O)CNCCOC)cn1. The van der Waals surface area contributed by atoms with Crippen molar-refractivity contribution in [2.45, 2.75) is 32.4 Å². The molecule has 2 N–H and O–H groups in total. The van der Waals surface area contributed by atoms with Gasteiger partial charge in [-0.2, -0.15) is 5.10 Å². The summed E-state index contributed by atoms with van der Waals surface area (Å²) in [6.45, 7) is 6.68. The van der Waals surface area contributed by atoms with Gasteiger partial charge in [-0.05, 0) is 19.4 Å². The monoisotopic (exact) mass is 241 g/mol. The van der Waals surface area contributed by atoms with Gasteiger partial charge in [0.1, 0.15) is 0 Å². The second-order valence-corrected chi connectivity index (χ2v) is 4.55. The molecule has 98 valence electrons. The van der Waals surface area contributed by atoms with E-state index in [4.69, 9.17) is 4.74 Å². The Labute approximate surface area is 103 Å². The molecule has 0 radical (unpaired) electrons. The van der Waals surface area contributed by atoms with Crippen LogP contribution in [0.4, 0.5) is 0 Å². The predicted molar refractivity (Wildman–Crippen MR) is 67.0 cm³/mol. The first kappa shape index (κ1) is 14.2. The van der Waals surface area contributed by atoms with Gasteiger partial charge < -0.3 is 15.2 Å². The highest BCUT2D eigenvalue weighted by atomic mass is 16.5. The molecule has 0 aliphatic heterocycles. The summed E-state index contributed by atoms with van der Waals surface area (Å²) in [5, 5.41) is 17.6. The Kier molecular flexibility index (Phi) is 5.61. The van der Waals surface area contributed by atoms with Gasteiger partial charge in [-0.15, -0.1) is 0 Å². The third kappa shape index (κ3) is 5.30. The number of rotatable bonds is 8. The molecule has 0 amide bonds.